The summed E-state index contributed by atoms with van der Waals surface area (Å²) in [5.74, 6) is 0. The molecule has 0 atom stereocenters. The number of halogens is 5. The molecule has 0 aliphatic heterocycles. The number of nitrogens with zero attached hydrogens (tertiary/aromatic N) is 2. The van der Waals surface area contributed by atoms with Crippen LogP contribution in [0.2, 0.25) is 0 Å². The first-order valence-corrected chi connectivity index (χ1v) is 4.08. The minimum Gasteiger partial charge on any atom is -0.260 e. The molecule has 0 bridgehead atoms. The summed E-state index contributed by atoms with van der Waals surface area (Å²) in [6.45, 7) is 0. The van der Waals surface area contributed by atoms with Gasteiger partial charge < -0.3 is 0 Å². The zero-order valence-corrected chi connectivity index (χ0v) is 7.72. The number of hydrogen-bond acceptors (Lipinski definition) is 2. The Hall–Kier alpha value is -1.71. The lowest BCUT2D eigenvalue weighted by molar-refractivity contribution is -0.139. The maximum atomic E-state index is 12.5. The first-order valence-electron chi connectivity index (χ1n) is 4.08. The summed E-state index contributed by atoms with van der Waals surface area (Å²) in [5, 5.41) is 8.30. The fourth-order valence-corrected chi connectivity index (χ4v) is 1.22. The molecule has 0 aliphatic carbocycles. The number of hydrogen-bond donors (Lipinski definition) is 0. The molecule has 0 aromatic carbocycles. The first-order chi connectivity index (χ1) is 7.38. The molecule has 0 radical (unpaired) electrons. The van der Waals surface area contributed by atoms with E-state index in [1.165, 1.54) is 6.07 Å². The van der Waals surface area contributed by atoms with Gasteiger partial charge in [-0.15, -0.1) is 0 Å². The van der Waals surface area contributed by atoms with Gasteiger partial charge in [-0.05, 0) is 6.07 Å². The lowest BCUT2D eigenvalue weighted by Crippen LogP contribution is -2.12. The highest BCUT2D eigenvalue weighted by Crippen LogP contribution is 2.37. The Bertz CT molecular complexity index is 419. The van der Waals surface area contributed by atoms with Crippen LogP contribution in [0, 0.1) is 11.3 Å². The maximum absolute atomic E-state index is 12.5. The van der Waals surface area contributed by atoms with E-state index >= 15 is 0 Å². The fraction of sp³-hybridized carbons (Fsp3) is 0.333. The molecule has 0 spiro atoms. The number of rotatable bonds is 2. The molecular weight excluding hydrogens is 231 g/mol. The van der Waals surface area contributed by atoms with E-state index in [-0.39, 0.29) is 0 Å². The minimum atomic E-state index is -4.88. The van der Waals surface area contributed by atoms with E-state index in [9.17, 15) is 22.0 Å². The van der Waals surface area contributed by atoms with Crippen molar-refractivity contribution in [3.63, 3.8) is 0 Å². The molecule has 86 valence electrons. The molecule has 0 amide bonds. The Labute approximate surface area is 87.3 Å². The van der Waals surface area contributed by atoms with Crippen molar-refractivity contribution in [1.82, 2.24) is 4.98 Å². The highest BCUT2D eigenvalue weighted by atomic mass is 19.4. The lowest BCUT2D eigenvalue weighted by atomic mass is 10.0. The maximum Gasteiger partial charge on any atom is 0.417 e. The zero-order chi connectivity index (χ0) is 12.3. The van der Waals surface area contributed by atoms with Crippen molar-refractivity contribution in [3.8, 4) is 6.07 Å². The van der Waals surface area contributed by atoms with Crippen molar-refractivity contribution in [2.75, 3.05) is 0 Å². The van der Waals surface area contributed by atoms with Crippen molar-refractivity contribution in [2.24, 2.45) is 0 Å². The summed E-state index contributed by atoms with van der Waals surface area (Å²) in [4.78, 5) is 3.36. The van der Waals surface area contributed by atoms with E-state index in [4.69, 9.17) is 5.26 Å². The molecule has 0 unspecified atom stereocenters. The summed E-state index contributed by atoms with van der Waals surface area (Å²) in [6.07, 6.45) is -8.00. The lowest BCUT2D eigenvalue weighted by Gasteiger charge is -2.14. The van der Waals surface area contributed by atoms with Gasteiger partial charge in [-0.1, -0.05) is 0 Å². The Morgan fingerprint density at radius 3 is 2.44 bits per heavy atom. The molecule has 0 fully saturated rings. The number of nitriles is 1. The van der Waals surface area contributed by atoms with E-state index in [2.05, 4.69) is 4.98 Å². The predicted molar refractivity (Wildman–Crippen MR) is 43.5 cm³/mol. The van der Waals surface area contributed by atoms with Crippen LogP contribution in [-0.4, -0.2) is 4.98 Å². The second kappa shape index (κ2) is 4.43. The highest BCUT2D eigenvalue weighted by molar-refractivity contribution is 5.34. The van der Waals surface area contributed by atoms with Crippen molar-refractivity contribution < 1.29 is 22.0 Å². The molecule has 1 aromatic heterocycles. The molecule has 0 saturated heterocycles. The van der Waals surface area contributed by atoms with Gasteiger partial charge in [0.05, 0.1) is 29.3 Å². The normalized spacial score (nSPS) is 11.6. The van der Waals surface area contributed by atoms with E-state index in [0.717, 1.165) is 6.20 Å². The predicted octanol–water partition coefficient (Wildman–Crippen LogP) is 3.10. The van der Waals surface area contributed by atoms with E-state index < -0.39 is 35.8 Å². The van der Waals surface area contributed by atoms with Gasteiger partial charge in [0.2, 0.25) is 0 Å². The van der Waals surface area contributed by atoms with Crippen molar-refractivity contribution in [2.45, 2.75) is 19.0 Å². The fourth-order valence-electron chi connectivity index (χ4n) is 1.22. The second-order valence-corrected chi connectivity index (χ2v) is 2.85. The zero-order valence-electron chi connectivity index (χ0n) is 7.72. The molecule has 1 aromatic rings. The third-order valence-corrected chi connectivity index (χ3v) is 1.84. The SMILES string of the molecule is N#CCc1nccc(C(F)(F)F)c1C(F)F. The van der Waals surface area contributed by atoms with Gasteiger partial charge in [0.1, 0.15) is 0 Å². The first kappa shape index (κ1) is 12.4. The van der Waals surface area contributed by atoms with Crippen LogP contribution in [0.15, 0.2) is 12.3 Å². The van der Waals surface area contributed by atoms with Crippen LogP contribution in [-0.2, 0) is 12.6 Å². The Kier molecular flexibility index (Phi) is 3.42. The van der Waals surface area contributed by atoms with E-state index in [1.807, 2.05) is 0 Å². The quantitative estimate of drug-likeness (QED) is 0.740. The Balaban J connectivity index is 3.40. The Morgan fingerprint density at radius 1 is 1.38 bits per heavy atom. The highest BCUT2D eigenvalue weighted by Gasteiger charge is 2.37. The third kappa shape index (κ3) is 2.45. The smallest absolute Gasteiger partial charge is 0.260 e. The Morgan fingerprint density at radius 2 is 2.00 bits per heavy atom. The average Bonchev–Trinajstić information content (AvgIpc) is 2.16. The number of alkyl halides is 5. The summed E-state index contributed by atoms with van der Waals surface area (Å²) >= 11 is 0. The summed E-state index contributed by atoms with van der Waals surface area (Å²) in [6, 6.07) is 1.97. The molecule has 2 nitrogen and oxygen atoms in total. The average molecular weight is 236 g/mol. The molecule has 16 heavy (non-hydrogen) atoms. The molecule has 0 N–H and O–H groups in total. The van der Waals surface area contributed by atoms with Crippen LogP contribution in [0.5, 0.6) is 0 Å². The minimum absolute atomic E-state index is 0.475. The van der Waals surface area contributed by atoms with E-state index in [1.54, 1.807) is 0 Å². The monoisotopic (exact) mass is 236 g/mol. The molecule has 1 rings (SSSR count). The third-order valence-electron chi connectivity index (χ3n) is 1.84. The van der Waals surface area contributed by atoms with Crippen molar-refractivity contribution in [1.29, 1.82) is 5.26 Å². The van der Waals surface area contributed by atoms with Gasteiger partial charge in [0.15, 0.2) is 0 Å². The van der Waals surface area contributed by atoms with Crippen LogP contribution in [0.3, 0.4) is 0 Å². The summed E-state index contributed by atoms with van der Waals surface area (Å²) < 4.78 is 62.1. The van der Waals surface area contributed by atoms with Gasteiger partial charge in [-0.25, -0.2) is 8.78 Å². The topological polar surface area (TPSA) is 36.7 Å². The standard InChI is InChI=1S/C9H5F5N2/c10-8(11)7-5(9(12,13)14)2-4-16-6(7)1-3-15/h2,4,8H,1H2. The van der Waals surface area contributed by atoms with Crippen molar-refractivity contribution >= 4 is 0 Å². The van der Waals surface area contributed by atoms with Gasteiger partial charge in [0, 0.05) is 6.20 Å². The number of pyridine rings is 1. The molecule has 1 heterocycles. The number of aromatic nitrogens is 1. The van der Waals surface area contributed by atoms with Gasteiger partial charge >= 0.3 is 6.18 Å². The summed E-state index contributed by atoms with van der Waals surface area (Å²) in [5.41, 5.74) is -3.19. The van der Waals surface area contributed by atoms with E-state index in [0.29, 0.717) is 6.07 Å². The van der Waals surface area contributed by atoms with Crippen LogP contribution in [0.4, 0.5) is 22.0 Å². The molecule has 0 saturated carbocycles. The van der Waals surface area contributed by atoms with Crippen LogP contribution < -0.4 is 0 Å². The van der Waals surface area contributed by atoms with Crippen LogP contribution >= 0.6 is 0 Å². The molecule has 0 aliphatic rings. The van der Waals surface area contributed by atoms with Crippen molar-refractivity contribution in [3.05, 3.63) is 29.1 Å². The second-order valence-electron chi connectivity index (χ2n) is 2.85. The van der Waals surface area contributed by atoms with Gasteiger partial charge in [0.25, 0.3) is 6.43 Å². The summed E-state index contributed by atoms with van der Waals surface area (Å²) in [7, 11) is 0. The van der Waals surface area contributed by atoms with Gasteiger partial charge in [-0.2, -0.15) is 18.4 Å². The molecule has 7 heteroatoms. The van der Waals surface area contributed by atoms with Gasteiger partial charge in [-0.3, -0.25) is 4.98 Å². The molecular formula is C9H5F5N2. The van der Waals surface area contributed by atoms with Crippen LogP contribution in [0.25, 0.3) is 0 Å². The van der Waals surface area contributed by atoms with Crippen LogP contribution in [0.1, 0.15) is 23.2 Å². The largest absolute Gasteiger partial charge is 0.417 e.